The van der Waals surface area contributed by atoms with Gasteiger partial charge < -0.3 is 4.90 Å². The zero-order valence-electron chi connectivity index (χ0n) is 12.0. The molecule has 1 aliphatic heterocycles. The van der Waals surface area contributed by atoms with Crippen molar-refractivity contribution in [3.05, 3.63) is 28.7 Å². The van der Waals surface area contributed by atoms with Crippen molar-refractivity contribution < 1.29 is 8.42 Å². The highest BCUT2D eigenvalue weighted by Gasteiger charge is 2.36. The van der Waals surface area contributed by atoms with Gasteiger partial charge in [-0.1, -0.05) is 26.0 Å². The van der Waals surface area contributed by atoms with E-state index in [0.29, 0.717) is 23.4 Å². The Morgan fingerprint density at radius 3 is 2.62 bits per heavy atom. The van der Waals surface area contributed by atoms with Crippen LogP contribution < -0.4 is 4.72 Å². The van der Waals surface area contributed by atoms with Crippen LogP contribution in [0.4, 0.5) is 0 Å². The van der Waals surface area contributed by atoms with E-state index in [2.05, 4.69) is 26.8 Å². The average molecular weight is 372 g/mol. The van der Waals surface area contributed by atoms with Crippen LogP contribution in [0.2, 0.25) is 0 Å². The van der Waals surface area contributed by atoms with Crippen LogP contribution in [0.3, 0.4) is 0 Å². The molecule has 21 heavy (non-hydrogen) atoms. The van der Waals surface area contributed by atoms with E-state index >= 15 is 0 Å². The monoisotopic (exact) mass is 371 g/mol. The van der Waals surface area contributed by atoms with Gasteiger partial charge in [-0.3, -0.25) is 0 Å². The van der Waals surface area contributed by atoms with Crippen molar-refractivity contribution in [3.63, 3.8) is 0 Å². The maximum atomic E-state index is 12.4. The zero-order chi connectivity index (χ0) is 15.6. The summed E-state index contributed by atoms with van der Waals surface area (Å²) >= 11 is 3.26. The fraction of sp³-hybridized carbons (Fsp3) is 0.500. The maximum absolute atomic E-state index is 12.4. The summed E-state index contributed by atoms with van der Waals surface area (Å²) in [5.41, 5.74) is 0. The van der Waals surface area contributed by atoms with E-state index in [4.69, 9.17) is 5.26 Å². The van der Waals surface area contributed by atoms with Gasteiger partial charge in [0.15, 0.2) is 6.19 Å². The van der Waals surface area contributed by atoms with Gasteiger partial charge in [0.05, 0.1) is 4.90 Å². The summed E-state index contributed by atoms with van der Waals surface area (Å²) in [5.74, 6) is 0.308. The van der Waals surface area contributed by atoms with Crippen LogP contribution in [0.25, 0.3) is 0 Å². The highest BCUT2D eigenvalue weighted by atomic mass is 79.9. The Bertz CT molecular complexity index is 654. The van der Waals surface area contributed by atoms with Crippen molar-refractivity contribution in [3.8, 4) is 6.19 Å². The highest BCUT2D eigenvalue weighted by molar-refractivity contribution is 9.10. The van der Waals surface area contributed by atoms with E-state index in [9.17, 15) is 8.42 Å². The third-order valence-corrected chi connectivity index (χ3v) is 6.22. The maximum Gasteiger partial charge on any atom is 0.242 e. The molecule has 114 valence electrons. The van der Waals surface area contributed by atoms with E-state index in [-0.39, 0.29) is 17.0 Å². The SMILES string of the molecule is CC(C)[C@H]1CC(NS(=O)(=O)c2ccccc2Br)CN1C#N. The molecule has 2 atom stereocenters. The van der Waals surface area contributed by atoms with Crippen molar-refractivity contribution in [1.82, 2.24) is 9.62 Å². The lowest BCUT2D eigenvalue weighted by Crippen LogP contribution is -2.36. The van der Waals surface area contributed by atoms with Crippen LogP contribution in [-0.2, 0) is 10.0 Å². The molecule has 0 amide bonds. The number of hydrogen-bond donors (Lipinski definition) is 1. The summed E-state index contributed by atoms with van der Waals surface area (Å²) in [4.78, 5) is 1.89. The largest absolute Gasteiger partial charge is 0.306 e. The molecule has 1 aromatic carbocycles. The second-order valence-corrected chi connectivity index (χ2v) is 8.08. The predicted molar refractivity (Wildman–Crippen MR) is 83.8 cm³/mol. The van der Waals surface area contributed by atoms with Crippen LogP contribution in [-0.4, -0.2) is 31.9 Å². The lowest BCUT2D eigenvalue weighted by molar-refractivity contribution is 0.291. The molecule has 7 heteroatoms. The molecule has 0 saturated carbocycles. The molecular formula is C14H18BrN3O2S. The molecule has 0 bridgehead atoms. The molecule has 0 aliphatic carbocycles. The molecule has 2 rings (SSSR count). The third-order valence-electron chi connectivity index (χ3n) is 3.69. The van der Waals surface area contributed by atoms with E-state index in [1.54, 1.807) is 29.2 Å². The summed E-state index contributed by atoms with van der Waals surface area (Å²) in [7, 11) is -3.59. The fourth-order valence-corrected chi connectivity index (χ4v) is 4.89. The van der Waals surface area contributed by atoms with Crippen molar-refractivity contribution in [2.75, 3.05) is 6.54 Å². The number of benzene rings is 1. The Labute approximate surface area is 134 Å². The number of nitriles is 1. The van der Waals surface area contributed by atoms with E-state index in [1.807, 2.05) is 13.8 Å². The van der Waals surface area contributed by atoms with E-state index < -0.39 is 10.0 Å². The van der Waals surface area contributed by atoms with Crippen LogP contribution in [0.15, 0.2) is 33.6 Å². The third kappa shape index (κ3) is 3.57. The summed E-state index contributed by atoms with van der Waals surface area (Å²) in [6, 6.07) is 6.55. The first kappa shape index (κ1) is 16.3. The first-order valence-electron chi connectivity index (χ1n) is 6.78. The molecule has 0 spiro atoms. The molecule has 5 nitrogen and oxygen atoms in total. The number of hydrogen-bond acceptors (Lipinski definition) is 4. The normalized spacial score (nSPS) is 22.5. The zero-order valence-corrected chi connectivity index (χ0v) is 14.4. The van der Waals surface area contributed by atoms with Gasteiger partial charge in [-0.05, 0) is 40.4 Å². The Kier molecular flexibility index (Phi) is 4.91. The van der Waals surface area contributed by atoms with Gasteiger partial charge in [0.1, 0.15) is 0 Å². The van der Waals surface area contributed by atoms with Crippen molar-refractivity contribution >= 4 is 26.0 Å². The number of likely N-dealkylation sites (tertiary alicyclic amines) is 1. The summed E-state index contributed by atoms with van der Waals surface area (Å²) in [6.07, 6.45) is 2.80. The molecule has 1 N–H and O–H groups in total. The Balaban J connectivity index is 2.16. The molecular weight excluding hydrogens is 354 g/mol. The molecule has 0 radical (unpaired) electrons. The number of halogens is 1. The van der Waals surface area contributed by atoms with E-state index in [0.717, 1.165) is 0 Å². The molecule has 1 fully saturated rings. The minimum Gasteiger partial charge on any atom is -0.306 e. The fourth-order valence-electron chi connectivity index (χ4n) is 2.64. The van der Waals surface area contributed by atoms with Crippen molar-refractivity contribution in [1.29, 1.82) is 5.26 Å². The summed E-state index contributed by atoms with van der Waals surface area (Å²) in [5, 5.41) is 9.15. The van der Waals surface area contributed by atoms with Gasteiger partial charge in [-0.25, -0.2) is 13.1 Å². The lowest BCUT2D eigenvalue weighted by atomic mass is 10.0. The number of nitrogens with zero attached hydrogens (tertiary/aromatic N) is 2. The van der Waals surface area contributed by atoms with Gasteiger partial charge in [-0.15, -0.1) is 0 Å². The van der Waals surface area contributed by atoms with Gasteiger partial charge in [-0.2, -0.15) is 5.26 Å². The molecule has 1 unspecified atom stereocenters. The minimum absolute atomic E-state index is 0.0851. The molecule has 1 aliphatic rings. The van der Waals surface area contributed by atoms with Gasteiger partial charge >= 0.3 is 0 Å². The van der Waals surface area contributed by atoms with Crippen LogP contribution in [0.1, 0.15) is 20.3 Å². The second-order valence-electron chi connectivity index (χ2n) is 5.55. The molecule has 1 aromatic rings. The van der Waals surface area contributed by atoms with Crippen molar-refractivity contribution in [2.45, 2.75) is 37.2 Å². The van der Waals surface area contributed by atoms with E-state index in [1.165, 1.54) is 0 Å². The lowest BCUT2D eigenvalue weighted by Gasteiger charge is -2.21. The number of sulfonamides is 1. The smallest absolute Gasteiger partial charge is 0.242 e. The van der Waals surface area contributed by atoms with Gasteiger partial charge in [0.25, 0.3) is 0 Å². The molecule has 0 aromatic heterocycles. The second kappa shape index (κ2) is 6.34. The van der Waals surface area contributed by atoms with Crippen LogP contribution in [0.5, 0.6) is 0 Å². The number of nitrogens with one attached hydrogen (secondary N) is 1. The molecule has 1 heterocycles. The summed E-state index contributed by atoms with van der Waals surface area (Å²) < 4.78 is 28.1. The average Bonchev–Trinajstić information content (AvgIpc) is 2.81. The Morgan fingerprint density at radius 1 is 1.43 bits per heavy atom. The first-order chi connectivity index (χ1) is 9.85. The Morgan fingerprint density at radius 2 is 2.10 bits per heavy atom. The molecule has 1 saturated heterocycles. The van der Waals surface area contributed by atoms with Gasteiger partial charge in [0.2, 0.25) is 10.0 Å². The minimum atomic E-state index is -3.59. The summed E-state index contributed by atoms with van der Waals surface area (Å²) in [6.45, 7) is 4.50. The topological polar surface area (TPSA) is 73.2 Å². The Hall–Kier alpha value is -1.10. The first-order valence-corrected chi connectivity index (χ1v) is 9.06. The van der Waals surface area contributed by atoms with Crippen LogP contribution >= 0.6 is 15.9 Å². The van der Waals surface area contributed by atoms with Gasteiger partial charge in [0, 0.05) is 23.1 Å². The predicted octanol–water partition coefficient (Wildman–Crippen LogP) is 2.31. The standard InChI is InChI=1S/C14H18BrN3O2S/c1-10(2)13-7-11(8-18(13)9-16)17-21(19,20)14-6-4-3-5-12(14)15/h3-6,10-11,13,17H,7-8H2,1-2H3/t11?,13-/m1/s1. The van der Waals surface area contributed by atoms with Crippen LogP contribution in [0, 0.1) is 17.4 Å². The quantitative estimate of drug-likeness (QED) is 0.824. The number of rotatable bonds is 4. The van der Waals surface area contributed by atoms with Crippen molar-refractivity contribution in [2.24, 2.45) is 5.92 Å². The highest BCUT2D eigenvalue weighted by Crippen LogP contribution is 2.26.